The molecule has 0 radical (unpaired) electrons. The molecule has 0 saturated heterocycles. The van der Waals surface area contributed by atoms with Crippen LogP contribution in [0.25, 0.3) is 0 Å². The van der Waals surface area contributed by atoms with E-state index in [-0.39, 0.29) is 5.54 Å². The Morgan fingerprint density at radius 2 is 2.00 bits per heavy atom. The molecule has 1 saturated carbocycles. The first-order valence-corrected chi connectivity index (χ1v) is 6.70. The van der Waals surface area contributed by atoms with Crippen LogP contribution in [0, 0.1) is 0 Å². The Bertz CT molecular complexity index is 204. The number of methoxy groups -OCH3 is 1. The predicted octanol–water partition coefficient (Wildman–Crippen LogP) is 1.24. The molecule has 1 fully saturated rings. The van der Waals surface area contributed by atoms with Gasteiger partial charge in [0.15, 0.2) is 0 Å². The Labute approximate surface area is 105 Å². The van der Waals surface area contributed by atoms with Crippen LogP contribution in [0.15, 0.2) is 0 Å². The highest BCUT2D eigenvalue weighted by Gasteiger charge is 2.37. The van der Waals surface area contributed by atoms with Gasteiger partial charge in [0.1, 0.15) is 0 Å². The van der Waals surface area contributed by atoms with Crippen LogP contribution in [-0.4, -0.2) is 57.0 Å². The molecule has 17 heavy (non-hydrogen) atoms. The Balaban J connectivity index is 2.45. The number of likely N-dealkylation sites (N-methyl/N-ethyl adjacent to an activating group) is 1. The van der Waals surface area contributed by atoms with E-state index in [1.54, 1.807) is 7.11 Å². The Hall–Kier alpha value is -0.160. The van der Waals surface area contributed by atoms with Crippen molar-refractivity contribution in [3.63, 3.8) is 0 Å². The molecule has 1 rings (SSSR count). The highest BCUT2D eigenvalue weighted by atomic mass is 16.5. The summed E-state index contributed by atoms with van der Waals surface area (Å²) >= 11 is 0. The summed E-state index contributed by atoms with van der Waals surface area (Å²) in [5, 5.41) is 0. The van der Waals surface area contributed by atoms with E-state index in [1.165, 1.54) is 0 Å². The van der Waals surface area contributed by atoms with Crippen molar-refractivity contribution in [3.8, 4) is 0 Å². The number of nitrogens with two attached hydrogens (primary N) is 1. The maximum Gasteiger partial charge on any atom is 0.0593 e. The first kappa shape index (κ1) is 14.9. The maximum atomic E-state index is 6.01. The zero-order valence-electron chi connectivity index (χ0n) is 11.6. The van der Waals surface area contributed by atoms with Crippen molar-refractivity contribution >= 4 is 0 Å². The lowest BCUT2D eigenvalue weighted by Gasteiger charge is -2.45. The van der Waals surface area contributed by atoms with Crippen molar-refractivity contribution in [1.82, 2.24) is 4.90 Å². The highest BCUT2D eigenvalue weighted by Crippen LogP contribution is 2.33. The van der Waals surface area contributed by atoms with Gasteiger partial charge < -0.3 is 15.2 Å². The minimum atomic E-state index is 0.159. The molecule has 1 aliphatic carbocycles. The van der Waals surface area contributed by atoms with Crippen LogP contribution in [-0.2, 0) is 9.47 Å². The average Bonchev–Trinajstić information content (AvgIpc) is 2.39. The van der Waals surface area contributed by atoms with Gasteiger partial charge >= 0.3 is 0 Å². The van der Waals surface area contributed by atoms with Gasteiger partial charge in [-0.1, -0.05) is 0 Å². The summed E-state index contributed by atoms with van der Waals surface area (Å²) in [4.78, 5) is 2.38. The molecule has 0 aromatic rings. The molecule has 0 aromatic heterocycles. The monoisotopic (exact) mass is 244 g/mol. The standard InChI is InChI=1S/C13H28N2O2/c1-4-17-10-9-15(2)13(11-14)7-5-12(16-3)6-8-13/h12H,4-11,14H2,1-3H3. The third-order valence-electron chi connectivity index (χ3n) is 4.16. The van der Waals surface area contributed by atoms with Gasteiger partial charge in [0.25, 0.3) is 0 Å². The molecule has 0 amide bonds. The largest absolute Gasteiger partial charge is 0.381 e. The van der Waals surface area contributed by atoms with Gasteiger partial charge in [-0.25, -0.2) is 0 Å². The van der Waals surface area contributed by atoms with Crippen LogP contribution in [0.4, 0.5) is 0 Å². The van der Waals surface area contributed by atoms with Crippen LogP contribution in [0.2, 0.25) is 0 Å². The third kappa shape index (κ3) is 3.91. The number of nitrogens with zero attached hydrogens (tertiary/aromatic N) is 1. The van der Waals surface area contributed by atoms with Gasteiger partial charge in [0.2, 0.25) is 0 Å². The molecule has 102 valence electrons. The molecule has 2 N–H and O–H groups in total. The van der Waals surface area contributed by atoms with E-state index in [9.17, 15) is 0 Å². The minimum absolute atomic E-state index is 0.159. The normalized spacial score (nSPS) is 29.8. The molecule has 4 nitrogen and oxygen atoms in total. The first-order chi connectivity index (χ1) is 8.18. The molecule has 0 atom stereocenters. The molecule has 0 spiro atoms. The van der Waals surface area contributed by atoms with Crippen LogP contribution >= 0.6 is 0 Å². The second-order valence-electron chi connectivity index (χ2n) is 4.98. The van der Waals surface area contributed by atoms with E-state index in [0.717, 1.165) is 52.0 Å². The van der Waals surface area contributed by atoms with Crippen molar-refractivity contribution in [2.75, 3.05) is 40.5 Å². The second-order valence-corrected chi connectivity index (χ2v) is 4.98. The summed E-state index contributed by atoms with van der Waals surface area (Å²) in [5.41, 5.74) is 6.17. The van der Waals surface area contributed by atoms with Gasteiger partial charge in [0.05, 0.1) is 12.7 Å². The van der Waals surface area contributed by atoms with Gasteiger partial charge in [-0.05, 0) is 39.7 Å². The fourth-order valence-corrected chi connectivity index (χ4v) is 2.69. The summed E-state index contributed by atoms with van der Waals surface area (Å²) in [6, 6.07) is 0. The van der Waals surface area contributed by atoms with Gasteiger partial charge in [0, 0.05) is 32.3 Å². The van der Waals surface area contributed by atoms with Crippen LogP contribution < -0.4 is 5.73 Å². The van der Waals surface area contributed by atoms with E-state index < -0.39 is 0 Å². The first-order valence-electron chi connectivity index (χ1n) is 6.70. The Morgan fingerprint density at radius 3 is 2.47 bits per heavy atom. The van der Waals surface area contributed by atoms with Crippen LogP contribution in [0.5, 0.6) is 0 Å². The van der Waals surface area contributed by atoms with E-state index in [2.05, 4.69) is 11.9 Å². The molecule has 4 heteroatoms. The van der Waals surface area contributed by atoms with E-state index in [0.29, 0.717) is 6.10 Å². The van der Waals surface area contributed by atoms with Crippen molar-refractivity contribution < 1.29 is 9.47 Å². The number of ether oxygens (including phenoxy) is 2. The third-order valence-corrected chi connectivity index (χ3v) is 4.16. The van der Waals surface area contributed by atoms with Crippen molar-refractivity contribution in [1.29, 1.82) is 0 Å². The fourth-order valence-electron chi connectivity index (χ4n) is 2.69. The SMILES string of the molecule is CCOCCN(C)C1(CN)CCC(OC)CC1. The summed E-state index contributed by atoms with van der Waals surface area (Å²) < 4.78 is 10.8. The number of hydrogen-bond acceptors (Lipinski definition) is 4. The molecular weight excluding hydrogens is 216 g/mol. The smallest absolute Gasteiger partial charge is 0.0593 e. The zero-order valence-corrected chi connectivity index (χ0v) is 11.6. The lowest BCUT2D eigenvalue weighted by molar-refractivity contribution is -0.00634. The fraction of sp³-hybridized carbons (Fsp3) is 1.00. The molecule has 1 aliphatic rings. The molecule has 0 heterocycles. The molecule has 0 aliphatic heterocycles. The van der Waals surface area contributed by atoms with Crippen molar-refractivity contribution in [2.24, 2.45) is 5.73 Å². The zero-order chi connectivity index (χ0) is 12.7. The highest BCUT2D eigenvalue weighted by molar-refractivity contribution is 4.95. The second kappa shape index (κ2) is 7.31. The average molecular weight is 244 g/mol. The predicted molar refractivity (Wildman–Crippen MR) is 70.2 cm³/mol. The molecule has 0 aromatic carbocycles. The van der Waals surface area contributed by atoms with Gasteiger partial charge in [-0.2, -0.15) is 0 Å². The summed E-state index contributed by atoms with van der Waals surface area (Å²) in [7, 11) is 3.97. The lowest BCUT2D eigenvalue weighted by atomic mass is 9.79. The maximum absolute atomic E-state index is 6.01. The van der Waals surface area contributed by atoms with Gasteiger partial charge in [-0.15, -0.1) is 0 Å². The molecule has 0 bridgehead atoms. The summed E-state index contributed by atoms with van der Waals surface area (Å²) in [6.45, 7) is 5.30. The van der Waals surface area contributed by atoms with Crippen molar-refractivity contribution in [2.45, 2.75) is 44.2 Å². The van der Waals surface area contributed by atoms with E-state index in [4.69, 9.17) is 15.2 Å². The lowest BCUT2D eigenvalue weighted by Crippen LogP contribution is -2.55. The number of hydrogen-bond donors (Lipinski definition) is 1. The quantitative estimate of drug-likeness (QED) is 0.685. The number of rotatable bonds is 7. The van der Waals surface area contributed by atoms with Gasteiger partial charge in [-0.3, -0.25) is 4.90 Å². The van der Waals surface area contributed by atoms with E-state index in [1.807, 2.05) is 6.92 Å². The van der Waals surface area contributed by atoms with Crippen molar-refractivity contribution in [3.05, 3.63) is 0 Å². The topological polar surface area (TPSA) is 47.7 Å². The summed E-state index contributed by atoms with van der Waals surface area (Å²) in [5.74, 6) is 0. The summed E-state index contributed by atoms with van der Waals surface area (Å²) in [6.07, 6.45) is 4.92. The van der Waals surface area contributed by atoms with Crippen LogP contribution in [0.3, 0.4) is 0 Å². The van der Waals surface area contributed by atoms with E-state index >= 15 is 0 Å². The Kier molecular flexibility index (Phi) is 6.41. The Morgan fingerprint density at radius 1 is 1.35 bits per heavy atom. The molecular formula is C13H28N2O2. The molecule has 0 unspecified atom stereocenters. The minimum Gasteiger partial charge on any atom is -0.381 e. The van der Waals surface area contributed by atoms with Crippen LogP contribution in [0.1, 0.15) is 32.6 Å².